The molecule has 0 spiro atoms. The molecule has 96 valence electrons. The van der Waals surface area contributed by atoms with Crippen LogP contribution in [0.1, 0.15) is 43.6 Å². The van der Waals surface area contributed by atoms with Crippen molar-refractivity contribution in [2.45, 2.75) is 39.2 Å². The highest BCUT2D eigenvalue weighted by atomic mass is 16.5. The van der Waals surface area contributed by atoms with Gasteiger partial charge in [-0.2, -0.15) is 0 Å². The number of rotatable bonds is 3. The molecule has 3 N–H and O–H groups in total. The van der Waals surface area contributed by atoms with Crippen molar-refractivity contribution in [3.63, 3.8) is 0 Å². The van der Waals surface area contributed by atoms with Crippen LogP contribution in [-0.2, 0) is 5.41 Å². The van der Waals surface area contributed by atoms with Crippen molar-refractivity contribution in [3.8, 4) is 5.75 Å². The van der Waals surface area contributed by atoms with Crippen LogP contribution in [0.15, 0.2) is 12.1 Å². The van der Waals surface area contributed by atoms with Crippen molar-refractivity contribution in [2.75, 3.05) is 13.7 Å². The molecule has 0 aliphatic heterocycles. The maximum Gasteiger partial charge on any atom is 0.125 e. The number of aliphatic hydroxyl groups excluding tert-OH is 1. The predicted molar refractivity (Wildman–Crippen MR) is 70.4 cm³/mol. The fourth-order valence-corrected chi connectivity index (χ4v) is 1.96. The van der Waals surface area contributed by atoms with Gasteiger partial charge in [-0.3, -0.25) is 0 Å². The van der Waals surface area contributed by atoms with E-state index >= 15 is 0 Å². The van der Waals surface area contributed by atoms with E-state index < -0.39 is 6.10 Å². The molecule has 1 aromatic carbocycles. The zero-order chi connectivity index (χ0) is 13.2. The topological polar surface area (TPSA) is 55.5 Å². The first-order valence-corrected chi connectivity index (χ1v) is 5.88. The summed E-state index contributed by atoms with van der Waals surface area (Å²) in [4.78, 5) is 0. The summed E-state index contributed by atoms with van der Waals surface area (Å²) >= 11 is 0. The highest BCUT2D eigenvalue weighted by Crippen LogP contribution is 2.36. The number of hydrogen-bond acceptors (Lipinski definition) is 3. The van der Waals surface area contributed by atoms with Gasteiger partial charge < -0.3 is 15.6 Å². The van der Waals surface area contributed by atoms with E-state index in [4.69, 9.17) is 10.5 Å². The molecule has 3 nitrogen and oxygen atoms in total. The summed E-state index contributed by atoms with van der Waals surface area (Å²) in [6, 6.07) is 3.93. The van der Waals surface area contributed by atoms with Crippen LogP contribution in [-0.4, -0.2) is 18.8 Å². The van der Waals surface area contributed by atoms with Crippen LogP contribution >= 0.6 is 0 Å². The Kier molecular flexibility index (Phi) is 4.17. The van der Waals surface area contributed by atoms with E-state index in [0.29, 0.717) is 0 Å². The zero-order valence-electron chi connectivity index (χ0n) is 11.4. The lowest BCUT2D eigenvalue weighted by atomic mass is 9.83. The Balaban J connectivity index is 3.39. The number of ether oxygens (including phenoxy) is 1. The maximum atomic E-state index is 9.84. The molecule has 0 heterocycles. The molecule has 0 radical (unpaired) electrons. The molecule has 0 aromatic heterocycles. The van der Waals surface area contributed by atoms with E-state index in [0.717, 1.165) is 22.4 Å². The molecule has 0 fully saturated rings. The van der Waals surface area contributed by atoms with Gasteiger partial charge in [-0.15, -0.1) is 0 Å². The number of aliphatic hydroxyl groups is 1. The smallest absolute Gasteiger partial charge is 0.125 e. The summed E-state index contributed by atoms with van der Waals surface area (Å²) in [6.45, 7) is 8.60. The molecule has 0 aliphatic carbocycles. The number of aryl methyl sites for hydroxylation is 1. The third-order valence-electron chi connectivity index (χ3n) is 2.92. The summed E-state index contributed by atoms with van der Waals surface area (Å²) < 4.78 is 5.46. The fraction of sp³-hybridized carbons (Fsp3) is 0.571. The maximum absolute atomic E-state index is 9.84. The Morgan fingerprint density at radius 3 is 2.35 bits per heavy atom. The molecule has 3 heteroatoms. The van der Waals surface area contributed by atoms with Crippen LogP contribution in [0.25, 0.3) is 0 Å². The van der Waals surface area contributed by atoms with Crippen molar-refractivity contribution in [1.29, 1.82) is 0 Å². The van der Waals surface area contributed by atoms with Crippen molar-refractivity contribution in [3.05, 3.63) is 28.8 Å². The number of nitrogens with two attached hydrogens (primary N) is 1. The molecule has 1 unspecified atom stereocenters. The fourth-order valence-electron chi connectivity index (χ4n) is 1.96. The van der Waals surface area contributed by atoms with Crippen molar-refractivity contribution >= 4 is 0 Å². The SMILES string of the molecule is COc1c(C)cc(C(O)CN)cc1C(C)(C)C. The van der Waals surface area contributed by atoms with Gasteiger partial charge in [0.05, 0.1) is 13.2 Å². The van der Waals surface area contributed by atoms with Gasteiger partial charge in [0.25, 0.3) is 0 Å². The molecule has 0 saturated heterocycles. The Bertz CT molecular complexity index is 394. The molecule has 1 aromatic rings. The first-order chi connectivity index (χ1) is 7.81. The Hall–Kier alpha value is -1.06. The standard InChI is InChI=1S/C14H23NO2/c1-9-6-10(12(16)8-15)7-11(13(9)17-5)14(2,3)4/h6-7,12,16H,8,15H2,1-5H3. The summed E-state index contributed by atoms with van der Waals surface area (Å²) in [6.07, 6.45) is -0.610. The van der Waals surface area contributed by atoms with Crippen LogP contribution in [0.4, 0.5) is 0 Å². The van der Waals surface area contributed by atoms with E-state index in [9.17, 15) is 5.11 Å². The van der Waals surface area contributed by atoms with E-state index in [1.54, 1.807) is 7.11 Å². The molecule has 0 amide bonds. The van der Waals surface area contributed by atoms with Gasteiger partial charge in [0, 0.05) is 12.1 Å². The van der Waals surface area contributed by atoms with Gasteiger partial charge in [-0.05, 0) is 35.6 Å². The van der Waals surface area contributed by atoms with E-state index in [1.165, 1.54) is 0 Å². The van der Waals surface area contributed by atoms with Gasteiger partial charge in [0.15, 0.2) is 0 Å². The largest absolute Gasteiger partial charge is 0.496 e. The third-order valence-corrected chi connectivity index (χ3v) is 2.92. The van der Waals surface area contributed by atoms with Crippen LogP contribution in [0.5, 0.6) is 5.75 Å². The first kappa shape index (κ1) is 14.0. The van der Waals surface area contributed by atoms with Crippen molar-refractivity contribution < 1.29 is 9.84 Å². The quantitative estimate of drug-likeness (QED) is 0.848. The Labute approximate surface area is 104 Å². The van der Waals surface area contributed by atoms with Gasteiger partial charge in [0.1, 0.15) is 5.75 Å². The molecule has 0 bridgehead atoms. The average molecular weight is 237 g/mol. The van der Waals surface area contributed by atoms with Gasteiger partial charge in [-0.1, -0.05) is 20.8 Å². The number of hydrogen-bond donors (Lipinski definition) is 2. The lowest BCUT2D eigenvalue weighted by Gasteiger charge is -2.25. The van der Waals surface area contributed by atoms with Gasteiger partial charge >= 0.3 is 0 Å². The minimum absolute atomic E-state index is 0.0273. The van der Waals surface area contributed by atoms with Crippen LogP contribution in [0.2, 0.25) is 0 Å². The van der Waals surface area contributed by atoms with Gasteiger partial charge in [-0.25, -0.2) is 0 Å². The van der Waals surface area contributed by atoms with Crippen LogP contribution in [0.3, 0.4) is 0 Å². The summed E-state index contributed by atoms with van der Waals surface area (Å²) in [5.41, 5.74) is 8.46. The summed E-state index contributed by atoms with van der Waals surface area (Å²) in [7, 11) is 1.68. The highest BCUT2D eigenvalue weighted by Gasteiger charge is 2.22. The van der Waals surface area contributed by atoms with E-state index in [2.05, 4.69) is 20.8 Å². The van der Waals surface area contributed by atoms with Gasteiger partial charge in [0.2, 0.25) is 0 Å². The third kappa shape index (κ3) is 2.99. The molecule has 1 atom stereocenters. The minimum Gasteiger partial charge on any atom is -0.496 e. The second kappa shape index (κ2) is 5.07. The molecule has 0 saturated carbocycles. The number of methoxy groups -OCH3 is 1. The normalized spacial score (nSPS) is 13.6. The Morgan fingerprint density at radius 1 is 1.35 bits per heavy atom. The van der Waals surface area contributed by atoms with E-state index in [-0.39, 0.29) is 12.0 Å². The molecule has 1 rings (SSSR count). The van der Waals surface area contributed by atoms with Crippen LogP contribution < -0.4 is 10.5 Å². The first-order valence-electron chi connectivity index (χ1n) is 5.88. The number of benzene rings is 1. The summed E-state index contributed by atoms with van der Waals surface area (Å²) in [5, 5.41) is 9.84. The monoisotopic (exact) mass is 237 g/mol. The second-order valence-electron chi connectivity index (χ2n) is 5.42. The lowest BCUT2D eigenvalue weighted by molar-refractivity contribution is 0.186. The molecule has 17 heavy (non-hydrogen) atoms. The van der Waals surface area contributed by atoms with Crippen LogP contribution in [0, 0.1) is 6.92 Å². The molecule has 0 aliphatic rings. The van der Waals surface area contributed by atoms with Crippen molar-refractivity contribution in [2.24, 2.45) is 5.73 Å². The minimum atomic E-state index is -0.610. The average Bonchev–Trinajstić information content (AvgIpc) is 2.25. The Morgan fingerprint density at radius 2 is 1.94 bits per heavy atom. The van der Waals surface area contributed by atoms with E-state index in [1.807, 2.05) is 19.1 Å². The summed E-state index contributed by atoms with van der Waals surface area (Å²) in [5.74, 6) is 0.894. The predicted octanol–water partition coefficient (Wildman–Crippen LogP) is 2.29. The van der Waals surface area contributed by atoms with Crippen molar-refractivity contribution in [1.82, 2.24) is 0 Å². The second-order valence-corrected chi connectivity index (χ2v) is 5.42. The highest BCUT2D eigenvalue weighted by molar-refractivity contribution is 5.48. The lowest BCUT2D eigenvalue weighted by Crippen LogP contribution is -2.17. The zero-order valence-corrected chi connectivity index (χ0v) is 11.4. The molecular formula is C14H23NO2. The molecular weight excluding hydrogens is 214 g/mol.